The van der Waals surface area contributed by atoms with Gasteiger partial charge in [-0.05, 0) is 105 Å². The molecule has 5 aliphatic rings. The topological polar surface area (TPSA) is 482 Å². The van der Waals surface area contributed by atoms with E-state index in [0.717, 1.165) is 66.3 Å². The maximum absolute atomic E-state index is 15.0. The zero-order valence-corrected chi connectivity index (χ0v) is 57.0. The zero-order valence-electron chi connectivity index (χ0n) is 55.4. The van der Waals surface area contributed by atoms with Gasteiger partial charge in [-0.1, -0.05) is 50.3 Å². The third-order valence-electron chi connectivity index (χ3n) is 19.2. The van der Waals surface area contributed by atoms with Gasteiger partial charge in [0.2, 0.25) is 35.4 Å². The van der Waals surface area contributed by atoms with E-state index in [0.29, 0.717) is 27.0 Å². The molecule has 99 heavy (non-hydrogen) atoms. The van der Waals surface area contributed by atoms with Gasteiger partial charge >= 0.3 is 0 Å². The Morgan fingerprint density at radius 3 is 1.96 bits per heavy atom. The van der Waals surface area contributed by atoms with Crippen molar-refractivity contribution in [1.29, 1.82) is 0 Å². The predicted octanol–water partition coefficient (Wildman–Crippen LogP) is -1.53. The molecule has 5 fully saturated rings. The number of amides is 7. The number of β-amino-alcohol motifs (C(OH)–C–C–N with tert-alkyl or cyclic N) is 1. The smallest absolute Gasteiger partial charge is 0.266 e. The minimum Gasteiger partial charge on any atom is -0.504 e. The molecule has 7 amide bonds. The molecular weight excluding hydrogens is 1330 g/mol. The molecule has 0 spiro atoms. The molecule has 1 unspecified atom stereocenters. The number of benzene rings is 3. The number of aliphatic hydroxyl groups excluding tert-OH is 8. The highest BCUT2D eigenvalue weighted by molar-refractivity contribution is 8.15. The SMILES string of the molecule is C[C@@H](O)[C@@H]1NC(=O)C(NC(=O)c2ccc(-c3nnc(-c4ccc(N5CCN(C6CCC(C)(C)CC6)CC5)cc4)s3)cc2)C[C@@H](O)CNC(=O)[C@@H]2[C@@H](O)[C@@H](C)CN2C(=O)[C@H]([C@H](O)CCNC(CO)CO)NC(=O)[C@H]([C@H](O)Cc2ccc(O)c(OS(O)(O)O)c2)NC(=O)[C@@H]2C[C@@H](O)CN2C1=O. The Bertz CT molecular complexity index is 3460. The van der Waals surface area contributed by atoms with E-state index in [4.69, 9.17) is 0 Å². The first-order valence-electron chi connectivity index (χ1n) is 33.1. The number of aromatic hydroxyl groups is 1. The first-order valence-corrected chi connectivity index (χ1v) is 35.3. The van der Waals surface area contributed by atoms with E-state index in [2.05, 4.69) is 82.1 Å². The molecule has 0 radical (unpaired) electrons. The lowest BCUT2D eigenvalue weighted by Gasteiger charge is -2.44. The van der Waals surface area contributed by atoms with Gasteiger partial charge in [0.1, 0.15) is 46.3 Å². The van der Waals surface area contributed by atoms with Gasteiger partial charge < -0.3 is 96.7 Å². The van der Waals surface area contributed by atoms with Crippen molar-refractivity contribution < 1.29 is 97.4 Å². The molecule has 9 rings (SSSR count). The number of piperazine rings is 1. The van der Waals surface area contributed by atoms with E-state index in [1.165, 1.54) is 62.1 Å². The van der Waals surface area contributed by atoms with Crippen LogP contribution in [0.1, 0.15) is 88.6 Å². The van der Waals surface area contributed by atoms with Crippen molar-refractivity contribution in [2.45, 2.75) is 164 Å². The van der Waals surface area contributed by atoms with Gasteiger partial charge in [0, 0.05) is 99.4 Å². The Hall–Kier alpha value is -7.26. The fraction of sp³-hybridized carbons (Fsp3) is 0.585. The number of aliphatic hydroxyl groups is 8. The third-order valence-corrected chi connectivity index (χ3v) is 20.6. The number of carbonyl (C=O) groups excluding carboxylic acids is 7. The largest absolute Gasteiger partial charge is 0.504 e. The number of nitrogens with zero attached hydrogens (tertiary/aromatic N) is 6. The molecule has 4 saturated heterocycles. The van der Waals surface area contributed by atoms with Crippen LogP contribution in [0.3, 0.4) is 0 Å². The van der Waals surface area contributed by atoms with Gasteiger partial charge in [0.25, 0.3) is 17.1 Å². The van der Waals surface area contributed by atoms with Crippen molar-refractivity contribution in [3.63, 3.8) is 0 Å². The van der Waals surface area contributed by atoms with Crippen LogP contribution >= 0.6 is 22.5 Å². The average molecular weight is 1430 g/mol. The number of phenolic OH excluding ortho intramolecular Hbond substituents is 1. The molecule has 1 aliphatic carbocycles. The molecule has 544 valence electrons. The van der Waals surface area contributed by atoms with Crippen LogP contribution in [0.2, 0.25) is 0 Å². The van der Waals surface area contributed by atoms with Crippen molar-refractivity contribution in [2.75, 3.05) is 70.5 Å². The Morgan fingerprint density at radius 2 is 1.34 bits per heavy atom. The maximum atomic E-state index is 15.0. The number of fused-ring (bicyclic) bond motifs is 2. The maximum Gasteiger partial charge on any atom is 0.266 e. The van der Waals surface area contributed by atoms with E-state index in [1.807, 2.05) is 12.1 Å². The monoisotopic (exact) mass is 1420 g/mol. The summed E-state index contributed by atoms with van der Waals surface area (Å²) in [6.07, 6.45) is -8.08. The van der Waals surface area contributed by atoms with Crippen molar-refractivity contribution in [2.24, 2.45) is 11.3 Å². The molecule has 34 heteroatoms. The van der Waals surface area contributed by atoms with Gasteiger partial charge in [-0.15, -0.1) is 10.2 Å². The van der Waals surface area contributed by atoms with E-state index >= 15 is 0 Å². The second-order valence-corrected chi connectivity index (χ2v) is 29.2. The van der Waals surface area contributed by atoms with Gasteiger partial charge in [-0.2, -0.15) is 0 Å². The minimum atomic E-state index is -4.74. The summed E-state index contributed by atoms with van der Waals surface area (Å²) in [6.45, 7) is 8.16. The van der Waals surface area contributed by atoms with Crippen LogP contribution in [0.15, 0.2) is 66.7 Å². The second kappa shape index (κ2) is 33.0. The Morgan fingerprint density at radius 1 is 0.737 bits per heavy atom. The van der Waals surface area contributed by atoms with Crippen LogP contribution in [-0.4, -0.2) is 276 Å². The summed E-state index contributed by atoms with van der Waals surface area (Å²) in [5, 5.41) is 124. The number of aromatic nitrogens is 2. The van der Waals surface area contributed by atoms with Crippen LogP contribution in [-0.2, 0) is 35.2 Å². The number of phenols is 1. The van der Waals surface area contributed by atoms with Crippen molar-refractivity contribution in [1.82, 2.24) is 56.8 Å². The summed E-state index contributed by atoms with van der Waals surface area (Å²) in [5.74, 6) is -10.5. The zero-order chi connectivity index (χ0) is 71.8. The van der Waals surface area contributed by atoms with Crippen molar-refractivity contribution in [3.8, 4) is 32.6 Å². The number of rotatable bonds is 19. The molecule has 5 heterocycles. The summed E-state index contributed by atoms with van der Waals surface area (Å²) in [6, 6.07) is 5.48. The lowest BCUT2D eigenvalue weighted by Crippen LogP contribution is -2.64. The molecule has 3 aromatic carbocycles. The van der Waals surface area contributed by atoms with Crippen LogP contribution in [0.4, 0.5) is 5.69 Å². The molecule has 13 atom stereocenters. The lowest BCUT2D eigenvalue weighted by atomic mass is 9.75. The molecule has 4 aliphatic heterocycles. The Balaban J connectivity index is 0.963. The van der Waals surface area contributed by atoms with Crippen LogP contribution in [0.5, 0.6) is 11.5 Å². The fourth-order valence-corrected chi connectivity index (χ4v) is 14.5. The van der Waals surface area contributed by atoms with Gasteiger partial charge in [0.15, 0.2) is 11.5 Å². The fourth-order valence-electron chi connectivity index (χ4n) is 13.3. The number of carbonyl (C=O) groups is 7. The average Bonchev–Trinajstić information content (AvgIpc) is 1.66. The third kappa shape index (κ3) is 19.2. The van der Waals surface area contributed by atoms with E-state index < -0.39 is 201 Å². The van der Waals surface area contributed by atoms with Gasteiger partial charge in [-0.25, -0.2) is 0 Å². The molecule has 1 saturated carbocycles. The highest BCUT2D eigenvalue weighted by atomic mass is 32.3. The van der Waals surface area contributed by atoms with E-state index in [1.54, 1.807) is 12.1 Å². The summed E-state index contributed by atoms with van der Waals surface area (Å²) in [7, 11) is 0. The predicted molar refractivity (Wildman–Crippen MR) is 360 cm³/mol. The number of hydrogen-bond donors (Lipinski definition) is 18. The quantitative estimate of drug-likeness (QED) is 0.0506. The normalized spacial score (nSPS) is 27.1. The first-order chi connectivity index (χ1) is 46.9. The highest BCUT2D eigenvalue weighted by Gasteiger charge is 2.50. The van der Waals surface area contributed by atoms with Crippen LogP contribution < -0.4 is 41.0 Å². The molecular formula is C65H92N12O20S2. The van der Waals surface area contributed by atoms with Gasteiger partial charge in [-0.3, -0.25) is 52.1 Å². The summed E-state index contributed by atoms with van der Waals surface area (Å²) < 4.78 is 33.4. The summed E-state index contributed by atoms with van der Waals surface area (Å²) >= 11 is -3.41. The number of anilines is 1. The van der Waals surface area contributed by atoms with Crippen LogP contribution in [0.25, 0.3) is 21.1 Å². The molecule has 0 bridgehead atoms. The van der Waals surface area contributed by atoms with Crippen LogP contribution in [0, 0.1) is 11.3 Å². The van der Waals surface area contributed by atoms with Crippen molar-refractivity contribution >= 4 is 69.5 Å². The Kier molecular flexibility index (Phi) is 25.3. The standard InChI is InChI=1S/C65H92N12O20S2/c1-34-30-77-54(55(34)86)60(91)67-29-43(81)27-45(68-56(87)37-6-8-38(9-7-37)61-72-73-62(98-61)39-10-12-41(13-11-39)74-21-23-75(24-22-74)42-15-18-65(3,4)19-16-42)57(88)69-51(35(2)80)63(92)76-31-44(82)28-46(76)58(89)70-52(49(85)25-36-5-14-47(83)50(26-36)97-99(94,95)96)59(90)71-53(64(77)93)48(84)17-20-66-40(32-78)33-79/h5-14,26,34-35,40,42-46,48-49,51-55,66,78-86,94-96H,15-25,27-33H2,1-4H3,(H,67,91)(H,68,87)(H,69,88)(H,70,89)(H,71,90)/t34-,35+,43+,44+,45?,46-,48+,49+,51-,52-,53-,54-,55-/m0/s1. The second-order valence-electron chi connectivity index (χ2n) is 27.1. The van der Waals surface area contributed by atoms with Crippen molar-refractivity contribution in [3.05, 3.63) is 77.9 Å². The van der Waals surface area contributed by atoms with Gasteiger partial charge in [0.05, 0.1) is 55.9 Å². The molecule has 1 aromatic heterocycles. The lowest BCUT2D eigenvalue weighted by molar-refractivity contribution is -0.147. The first kappa shape index (κ1) is 75.9. The molecule has 4 aromatic rings. The molecule has 18 N–H and O–H groups in total. The van der Waals surface area contributed by atoms with E-state index in [9.17, 15) is 93.2 Å². The summed E-state index contributed by atoms with van der Waals surface area (Å²) in [4.78, 5) is 109. The van der Waals surface area contributed by atoms with E-state index in [-0.39, 0.29) is 24.2 Å². The number of nitrogens with one attached hydrogen (secondary N) is 6. The minimum absolute atomic E-state index is 0.0113. The summed E-state index contributed by atoms with van der Waals surface area (Å²) in [5.41, 5.74) is 2.95. The highest BCUT2D eigenvalue weighted by Crippen LogP contribution is 2.41. The Labute approximate surface area is 577 Å². The molecule has 32 nitrogen and oxygen atoms in total. The number of hydrogen-bond acceptors (Lipinski definition) is 26.